The van der Waals surface area contributed by atoms with E-state index in [-0.39, 0.29) is 24.4 Å². The van der Waals surface area contributed by atoms with E-state index >= 15 is 0 Å². The SMILES string of the molecule is CNC(=O)c1ccc(CN(C)CC(=O)N[C@@H](C)c2cc3ccccc3o2)cc1. The average Bonchev–Trinajstić information content (AvgIpc) is 3.12. The van der Waals surface area contributed by atoms with Gasteiger partial charge in [0.25, 0.3) is 5.91 Å². The third-order valence-corrected chi connectivity index (χ3v) is 4.56. The van der Waals surface area contributed by atoms with Crippen LogP contribution in [0, 0.1) is 0 Å². The summed E-state index contributed by atoms with van der Waals surface area (Å²) in [7, 11) is 3.49. The Hall–Kier alpha value is -3.12. The number of furan rings is 1. The van der Waals surface area contributed by atoms with E-state index in [1.54, 1.807) is 19.2 Å². The number of carbonyl (C=O) groups is 2. The molecule has 3 aromatic rings. The maximum Gasteiger partial charge on any atom is 0.251 e. The van der Waals surface area contributed by atoms with Crippen LogP contribution >= 0.6 is 0 Å². The minimum atomic E-state index is -0.208. The number of fused-ring (bicyclic) bond motifs is 1. The Morgan fingerprint density at radius 1 is 1.11 bits per heavy atom. The second kappa shape index (κ2) is 8.71. The summed E-state index contributed by atoms with van der Waals surface area (Å²) in [5.74, 6) is 0.554. The predicted molar refractivity (Wildman–Crippen MR) is 109 cm³/mol. The first kappa shape index (κ1) is 19.6. The van der Waals surface area contributed by atoms with Gasteiger partial charge in [0.05, 0.1) is 12.6 Å². The van der Waals surface area contributed by atoms with Crippen molar-refractivity contribution in [3.05, 3.63) is 71.5 Å². The molecule has 3 rings (SSSR count). The number of rotatable bonds is 7. The van der Waals surface area contributed by atoms with Crippen molar-refractivity contribution in [1.29, 1.82) is 0 Å². The second-order valence-corrected chi connectivity index (χ2v) is 6.92. The number of nitrogens with zero attached hydrogens (tertiary/aromatic N) is 1. The molecule has 0 spiro atoms. The molecule has 0 saturated heterocycles. The molecular weight excluding hydrogens is 354 g/mol. The summed E-state index contributed by atoms with van der Waals surface area (Å²) >= 11 is 0. The highest BCUT2D eigenvalue weighted by Gasteiger charge is 2.15. The van der Waals surface area contributed by atoms with E-state index in [1.165, 1.54) is 0 Å². The van der Waals surface area contributed by atoms with Crippen molar-refractivity contribution in [1.82, 2.24) is 15.5 Å². The zero-order valence-corrected chi connectivity index (χ0v) is 16.4. The van der Waals surface area contributed by atoms with Gasteiger partial charge in [0, 0.05) is 24.5 Å². The standard InChI is InChI=1S/C22H25N3O3/c1-15(20-12-18-6-4-5-7-19(18)28-20)24-21(26)14-25(3)13-16-8-10-17(11-9-16)22(27)23-2/h4-12,15H,13-14H2,1-3H3,(H,23,27)(H,24,26)/t15-/m0/s1. The third kappa shape index (κ3) is 4.78. The molecule has 0 radical (unpaired) electrons. The summed E-state index contributed by atoms with van der Waals surface area (Å²) in [4.78, 5) is 25.9. The lowest BCUT2D eigenvalue weighted by molar-refractivity contribution is -0.122. The van der Waals surface area contributed by atoms with Crippen molar-refractivity contribution < 1.29 is 14.0 Å². The summed E-state index contributed by atoms with van der Waals surface area (Å²) in [5, 5.41) is 6.60. The molecule has 0 bridgehead atoms. The molecule has 1 atom stereocenters. The van der Waals surface area contributed by atoms with Crippen LogP contribution in [-0.4, -0.2) is 37.4 Å². The summed E-state index contributed by atoms with van der Waals surface area (Å²) in [6.45, 7) is 2.79. The quantitative estimate of drug-likeness (QED) is 0.662. The first-order valence-electron chi connectivity index (χ1n) is 9.23. The van der Waals surface area contributed by atoms with Crippen molar-refractivity contribution >= 4 is 22.8 Å². The fourth-order valence-corrected chi connectivity index (χ4v) is 3.09. The lowest BCUT2D eigenvalue weighted by Crippen LogP contribution is -2.36. The smallest absolute Gasteiger partial charge is 0.251 e. The van der Waals surface area contributed by atoms with Crippen LogP contribution in [0.5, 0.6) is 0 Å². The number of hydrogen-bond acceptors (Lipinski definition) is 4. The number of amides is 2. The molecular formula is C22H25N3O3. The van der Waals surface area contributed by atoms with Gasteiger partial charge in [0.15, 0.2) is 0 Å². The Bertz CT molecular complexity index is 930. The number of nitrogens with one attached hydrogen (secondary N) is 2. The minimum Gasteiger partial charge on any atom is -0.459 e. The molecule has 2 N–H and O–H groups in total. The van der Waals surface area contributed by atoms with E-state index < -0.39 is 0 Å². The van der Waals surface area contributed by atoms with Crippen LogP contribution < -0.4 is 10.6 Å². The van der Waals surface area contributed by atoms with Gasteiger partial charge in [-0.15, -0.1) is 0 Å². The van der Waals surface area contributed by atoms with Gasteiger partial charge in [-0.1, -0.05) is 30.3 Å². The van der Waals surface area contributed by atoms with E-state index in [0.717, 1.165) is 22.3 Å². The zero-order chi connectivity index (χ0) is 20.1. The van der Waals surface area contributed by atoms with Gasteiger partial charge in [-0.2, -0.15) is 0 Å². The third-order valence-electron chi connectivity index (χ3n) is 4.56. The highest BCUT2D eigenvalue weighted by molar-refractivity contribution is 5.93. The van der Waals surface area contributed by atoms with Crippen molar-refractivity contribution in [3.63, 3.8) is 0 Å². The van der Waals surface area contributed by atoms with Crippen LogP contribution in [0.1, 0.15) is 34.6 Å². The summed E-state index contributed by atoms with van der Waals surface area (Å²) in [6, 6.07) is 16.9. The predicted octanol–water partition coefficient (Wildman–Crippen LogP) is 3.10. The molecule has 28 heavy (non-hydrogen) atoms. The van der Waals surface area contributed by atoms with Gasteiger partial charge < -0.3 is 15.1 Å². The molecule has 0 aliphatic rings. The molecule has 1 heterocycles. The second-order valence-electron chi connectivity index (χ2n) is 6.92. The van der Waals surface area contributed by atoms with Crippen molar-refractivity contribution in [2.75, 3.05) is 20.6 Å². The maximum absolute atomic E-state index is 12.4. The molecule has 2 aromatic carbocycles. The Balaban J connectivity index is 1.52. The highest BCUT2D eigenvalue weighted by atomic mass is 16.3. The Labute approximate surface area is 164 Å². The molecule has 2 amide bonds. The molecule has 0 aliphatic heterocycles. The number of para-hydroxylation sites is 1. The lowest BCUT2D eigenvalue weighted by atomic mass is 10.1. The summed E-state index contributed by atoms with van der Waals surface area (Å²) in [5.41, 5.74) is 2.47. The summed E-state index contributed by atoms with van der Waals surface area (Å²) in [6.07, 6.45) is 0. The van der Waals surface area contributed by atoms with Crippen LogP contribution in [0.2, 0.25) is 0 Å². The molecule has 0 unspecified atom stereocenters. The molecule has 6 nitrogen and oxygen atoms in total. The van der Waals surface area contributed by atoms with Crippen molar-refractivity contribution in [2.24, 2.45) is 0 Å². The first-order chi connectivity index (χ1) is 13.5. The maximum atomic E-state index is 12.4. The fourth-order valence-electron chi connectivity index (χ4n) is 3.09. The number of benzene rings is 2. The van der Waals surface area contributed by atoms with Crippen LogP contribution in [0.25, 0.3) is 11.0 Å². The topological polar surface area (TPSA) is 74.6 Å². The number of hydrogen-bond donors (Lipinski definition) is 2. The molecule has 0 aliphatic carbocycles. The van der Waals surface area contributed by atoms with E-state index in [2.05, 4.69) is 10.6 Å². The van der Waals surface area contributed by atoms with E-state index in [0.29, 0.717) is 12.1 Å². The van der Waals surface area contributed by atoms with Gasteiger partial charge in [0.2, 0.25) is 5.91 Å². The molecule has 1 aromatic heterocycles. The Kier molecular flexibility index (Phi) is 6.11. The van der Waals surface area contributed by atoms with Crippen molar-refractivity contribution in [2.45, 2.75) is 19.5 Å². The van der Waals surface area contributed by atoms with E-state index in [1.807, 2.05) is 61.3 Å². The van der Waals surface area contributed by atoms with Crippen LogP contribution in [0.4, 0.5) is 0 Å². The van der Waals surface area contributed by atoms with E-state index in [4.69, 9.17) is 4.42 Å². The fraction of sp³-hybridized carbons (Fsp3) is 0.273. The van der Waals surface area contributed by atoms with Gasteiger partial charge >= 0.3 is 0 Å². The number of carbonyl (C=O) groups excluding carboxylic acids is 2. The summed E-state index contributed by atoms with van der Waals surface area (Å²) < 4.78 is 5.81. The van der Waals surface area contributed by atoms with Gasteiger partial charge in [-0.3, -0.25) is 14.5 Å². The molecule has 0 saturated carbocycles. The Morgan fingerprint density at radius 3 is 2.50 bits per heavy atom. The molecule has 6 heteroatoms. The van der Waals surface area contributed by atoms with Crippen molar-refractivity contribution in [3.8, 4) is 0 Å². The van der Waals surface area contributed by atoms with E-state index in [9.17, 15) is 9.59 Å². The zero-order valence-electron chi connectivity index (χ0n) is 16.4. The monoisotopic (exact) mass is 379 g/mol. The van der Waals surface area contributed by atoms with Crippen LogP contribution in [0.3, 0.4) is 0 Å². The van der Waals surface area contributed by atoms with Gasteiger partial charge in [0.1, 0.15) is 11.3 Å². The molecule has 146 valence electrons. The first-order valence-corrected chi connectivity index (χ1v) is 9.23. The normalized spacial score (nSPS) is 12.1. The largest absolute Gasteiger partial charge is 0.459 e. The number of likely N-dealkylation sites (N-methyl/N-ethyl adjacent to an activating group) is 1. The lowest BCUT2D eigenvalue weighted by Gasteiger charge is -2.18. The molecule has 0 fully saturated rings. The average molecular weight is 379 g/mol. The highest BCUT2D eigenvalue weighted by Crippen LogP contribution is 2.23. The van der Waals surface area contributed by atoms with Gasteiger partial charge in [-0.25, -0.2) is 0 Å². The minimum absolute atomic E-state index is 0.0718. The van der Waals surface area contributed by atoms with Crippen LogP contribution in [-0.2, 0) is 11.3 Å². The Morgan fingerprint density at radius 2 is 1.82 bits per heavy atom. The van der Waals surface area contributed by atoms with Gasteiger partial charge in [-0.05, 0) is 43.8 Å². The van der Waals surface area contributed by atoms with Crippen LogP contribution in [0.15, 0.2) is 59.0 Å².